The van der Waals surface area contributed by atoms with E-state index >= 15 is 0 Å². The first-order chi connectivity index (χ1) is 19.4. The summed E-state index contributed by atoms with van der Waals surface area (Å²) < 4.78 is 21.6. The molecule has 0 aromatic heterocycles. The van der Waals surface area contributed by atoms with Crippen LogP contribution in [0.5, 0.6) is 23.0 Å². The second kappa shape index (κ2) is 15.1. The predicted octanol–water partition coefficient (Wildman–Crippen LogP) is 4.64. The predicted molar refractivity (Wildman–Crippen MR) is 151 cm³/mol. The maximum Gasteiger partial charge on any atom is 0.343 e. The molecule has 0 saturated heterocycles. The summed E-state index contributed by atoms with van der Waals surface area (Å²) >= 11 is 6.01. The first kappa shape index (κ1) is 30.0. The average Bonchev–Trinajstić information content (AvgIpc) is 2.96. The topological polar surface area (TPSA) is 125 Å². The van der Waals surface area contributed by atoms with Gasteiger partial charge in [-0.05, 0) is 67.4 Å². The Labute approximate surface area is 237 Å². The quantitative estimate of drug-likeness (QED) is 0.101. The number of rotatable bonds is 13. The van der Waals surface area contributed by atoms with Gasteiger partial charge in [0, 0.05) is 13.0 Å². The van der Waals surface area contributed by atoms with Crippen molar-refractivity contribution in [2.24, 2.45) is 5.10 Å². The molecule has 0 radical (unpaired) electrons. The van der Waals surface area contributed by atoms with Crippen LogP contribution in [-0.2, 0) is 4.79 Å². The van der Waals surface area contributed by atoms with Crippen molar-refractivity contribution in [1.29, 1.82) is 0 Å². The number of benzene rings is 3. The van der Waals surface area contributed by atoms with Crippen molar-refractivity contribution in [3.63, 3.8) is 0 Å². The standard InChI is InChI=1S/C29H30ClN3O7/c1-4-39-26-16-19(11-13-24(26)40-29(36)20-12-14-23(37-2)25(17-20)38-3)18-32-33-27(34)10-7-15-31-28(35)21-8-5-6-9-22(21)30/h5-6,8-9,11-14,16-18H,4,7,10,15H2,1-3H3,(H,31,35)(H,33,34). The minimum atomic E-state index is -0.598. The molecule has 0 aliphatic carbocycles. The molecule has 0 unspecified atom stereocenters. The zero-order valence-corrected chi connectivity index (χ0v) is 23.1. The fourth-order valence-electron chi connectivity index (χ4n) is 3.51. The molecule has 11 heteroatoms. The number of nitrogens with one attached hydrogen (secondary N) is 2. The van der Waals surface area contributed by atoms with Crippen molar-refractivity contribution in [1.82, 2.24) is 10.7 Å². The minimum Gasteiger partial charge on any atom is -0.493 e. The Morgan fingerprint density at radius 1 is 0.925 bits per heavy atom. The molecule has 40 heavy (non-hydrogen) atoms. The molecule has 210 valence electrons. The summed E-state index contributed by atoms with van der Waals surface area (Å²) in [5.74, 6) is 0.240. The zero-order valence-electron chi connectivity index (χ0n) is 22.4. The Balaban J connectivity index is 1.52. The van der Waals surface area contributed by atoms with Crippen molar-refractivity contribution in [2.75, 3.05) is 27.4 Å². The fraction of sp³-hybridized carbons (Fsp3) is 0.241. The molecule has 10 nitrogen and oxygen atoms in total. The average molecular weight is 568 g/mol. The number of hydrogen-bond acceptors (Lipinski definition) is 8. The highest BCUT2D eigenvalue weighted by atomic mass is 35.5. The van der Waals surface area contributed by atoms with E-state index in [1.807, 2.05) is 0 Å². The summed E-state index contributed by atoms with van der Waals surface area (Å²) in [4.78, 5) is 37.0. The van der Waals surface area contributed by atoms with Crippen molar-refractivity contribution < 1.29 is 33.3 Å². The smallest absolute Gasteiger partial charge is 0.343 e. The van der Waals surface area contributed by atoms with Gasteiger partial charge in [0.05, 0.1) is 43.2 Å². The second-order valence-electron chi connectivity index (χ2n) is 8.23. The Bertz CT molecular complexity index is 1380. The maximum absolute atomic E-state index is 12.7. The van der Waals surface area contributed by atoms with E-state index < -0.39 is 5.97 Å². The summed E-state index contributed by atoms with van der Waals surface area (Å²) in [5.41, 5.74) is 3.72. The van der Waals surface area contributed by atoms with Crippen molar-refractivity contribution in [3.05, 3.63) is 82.4 Å². The highest BCUT2D eigenvalue weighted by Gasteiger charge is 2.16. The third kappa shape index (κ3) is 8.47. The van der Waals surface area contributed by atoms with Crippen LogP contribution in [0.25, 0.3) is 0 Å². The van der Waals surface area contributed by atoms with Gasteiger partial charge in [0.15, 0.2) is 23.0 Å². The van der Waals surface area contributed by atoms with E-state index in [0.717, 1.165) is 0 Å². The lowest BCUT2D eigenvalue weighted by molar-refractivity contribution is -0.121. The second-order valence-corrected chi connectivity index (χ2v) is 8.64. The van der Waals surface area contributed by atoms with Crippen LogP contribution in [-0.4, -0.2) is 51.4 Å². The zero-order chi connectivity index (χ0) is 28.9. The van der Waals surface area contributed by atoms with Gasteiger partial charge in [-0.25, -0.2) is 10.2 Å². The number of hydrazone groups is 1. The molecule has 0 heterocycles. The molecule has 2 amide bonds. The van der Waals surface area contributed by atoms with E-state index in [1.165, 1.54) is 26.5 Å². The van der Waals surface area contributed by atoms with Crippen LogP contribution in [0.3, 0.4) is 0 Å². The fourth-order valence-corrected chi connectivity index (χ4v) is 3.73. The summed E-state index contributed by atoms with van der Waals surface area (Å²) in [6, 6.07) is 16.3. The Morgan fingerprint density at radius 3 is 2.40 bits per heavy atom. The van der Waals surface area contributed by atoms with Crippen LogP contribution in [0.1, 0.15) is 46.0 Å². The monoisotopic (exact) mass is 567 g/mol. The number of esters is 1. The minimum absolute atomic E-state index is 0.162. The molecule has 0 fully saturated rings. The van der Waals surface area contributed by atoms with Gasteiger partial charge in [-0.2, -0.15) is 5.10 Å². The lowest BCUT2D eigenvalue weighted by Crippen LogP contribution is -2.26. The Morgan fingerprint density at radius 2 is 1.68 bits per heavy atom. The molecule has 0 saturated carbocycles. The van der Waals surface area contributed by atoms with Gasteiger partial charge in [0.25, 0.3) is 5.91 Å². The van der Waals surface area contributed by atoms with E-state index in [-0.39, 0.29) is 29.5 Å². The van der Waals surface area contributed by atoms with Gasteiger partial charge in [0.2, 0.25) is 5.91 Å². The number of hydrogen-bond donors (Lipinski definition) is 2. The van der Waals surface area contributed by atoms with Gasteiger partial charge >= 0.3 is 5.97 Å². The molecule has 3 aromatic rings. The number of ether oxygens (including phenoxy) is 4. The maximum atomic E-state index is 12.7. The molecular formula is C29H30ClN3O7. The van der Waals surface area contributed by atoms with Crippen LogP contribution in [0.15, 0.2) is 65.8 Å². The van der Waals surface area contributed by atoms with E-state index in [4.69, 9.17) is 30.5 Å². The van der Waals surface area contributed by atoms with Crippen LogP contribution in [0.4, 0.5) is 0 Å². The molecular weight excluding hydrogens is 538 g/mol. The summed E-state index contributed by atoms with van der Waals surface area (Å²) in [6.07, 6.45) is 2.03. The van der Waals surface area contributed by atoms with Crippen molar-refractivity contribution in [3.8, 4) is 23.0 Å². The first-order valence-corrected chi connectivity index (χ1v) is 12.8. The van der Waals surface area contributed by atoms with Crippen LogP contribution < -0.4 is 29.7 Å². The largest absolute Gasteiger partial charge is 0.493 e. The van der Waals surface area contributed by atoms with E-state index in [9.17, 15) is 14.4 Å². The number of halogens is 1. The molecule has 0 bridgehead atoms. The molecule has 0 atom stereocenters. The molecule has 3 rings (SSSR count). The van der Waals surface area contributed by atoms with Crippen LogP contribution in [0.2, 0.25) is 5.02 Å². The summed E-state index contributed by atoms with van der Waals surface area (Å²) in [5, 5.41) is 7.07. The third-order valence-corrected chi connectivity index (χ3v) is 5.81. The first-order valence-electron chi connectivity index (χ1n) is 12.4. The normalized spacial score (nSPS) is 10.6. The van der Waals surface area contributed by atoms with Gasteiger partial charge in [-0.15, -0.1) is 0 Å². The molecule has 0 aliphatic rings. The van der Waals surface area contributed by atoms with E-state index in [0.29, 0.717) is 53.0 Å². The third-order valence-electron chi connectivity index (χ3n) is 5.48. The summed E-state index contributed by atoms with van der Waals surface area (Å²) in [6.45, 7) is 2.45. The number of nitrogens with zero attached hydrogens (tertiary/aromatic N) is 1. The van der Waals surface area contributed by atoms with Gasteiger partial charge in [-0.3, -0.25) is 9.59 Å². The molecule has 2 N–H and O–H groups in total. The SMILES string of the molecule is CCOc1cc(C=NNC(=O)CCCNC(=O)c2ccccc2Cl)ccc1OC(=O)c1ccc(OC)c(OC)c1. The van der Waals surface area contributed by atoms with Crippen molar-refractivity contribution in [2.45, 2.75) is 19.8 Å². The van der Waals surface area contributed by atoms with E-state index in [1.54, 1.807) is 61.5 Å². The molecule has 0 spiro atoms. The Kier molecular flexibility index (Phi) is 11.3. The van der Waals surface area contributed by atoms with Crippen molar-refractivity contribution >= 4 is 35.6 Å². The Hall–Kier alpha value is -4.57. The van der Waals surface area contributed by atoms with E-state index in [2.05, 4.69) is 15.8 Å². The van der Waals surface area contributed by atoms with Gasteiger partial charge in [-0.1, -0.05) is 23.7 Å². The summed E-state index contributed by atoms with van der Waals surface area (Å²) in [7, 11) is 2.98. The molecule has 3 aromatic carbocycles. The number of carbonyl (C=O) groups is 3. The van der Waals surface area contributed by atoms with Crippen LogP contribution >= 0.6 is 11.6 Å². The number of carbonyl (C=O) groups excluding carboxylic acids is 3. The van der Waals surface area contributed by atoms with Gasteiger partial charge < -0.3 is 24.3 Å². The number of amides is 2. The molecule has 0 aliphatic heterocycles. The van der Waals surface area contributed by atoms with Gasteiger partial charge in [0.1, 0.15) is 0 Å². The highest BCUT2D eigenvalue weighted by Crippen LogP contribution is 2.31. The van der Waals surface area contributed by atoms with Crippen LogP contribution in [0, 0.1) is 0 Å². The lowest BCUT2D eigenvalue weighted by Gasteiger charge is -2.12. The lowest BCUT2D eigenvalue weighted by atomic mass is 10.2. The number of methoxy groups -OCH3 is 2. The highest BCUT2D eigenvalue weighted by molar-refractivity contribution is 6.33.